The molecular formula is C27H33ClN6O5. The van der Waals surface area contributed by atoms with Crippen LogP contribution in [0.15, 0.2) is 68.8 Å². The normalized spacial score (nSPS) is 11.9. The fraction of sp³-hybridized carbons (Fsp3) is 0.296. The van der Waals surface area contributed by atoms with E-state index in [1.807, 2.05) is 30.3 Å². The number of carbonyl (C=O) groups excluding carboxylic acids is 3. The van der Waals surface area contributed by atoms with Gasteiger partial charge in [0.2, 0.25) is 17.7 Å². The predicted molar refractivity (Wildman–Crippen MR) is 153 cm³/mol. The van der Waals surface area contributed by atoms with Crippen LogP contribution in [-0.2, 0) is 20.8 Å². The molecule has 0 saturated carbocycles. The maximum Gasteiger partial charge on any atom is 0.336 e. The molecule has 12 heteroatoms. The largest absolute Gasteiger partial charge is 0.423 e. The molecule has 3 aromatic rings. The van der Waals surface area contributed by atoms with Gasteiger partial charge in [-0.05, 0) is 43.0 Å². The smallest absolute Gasteiger partial charge is 0.336 e. The topological polar surface area (TPSA) is 182 Å². The number of aliphatic imine (C=N–C) groups is 1. The Kier molecular flexibility index (Phi) is 11.5. The lowest BCUT2D eigenvalue weighted by Crippen LogP contribution is -2.53. The average molecular weight is 557 g/mol. The van der Waals surface area contributed by atoms with E-state index in [1.54, 1.807) is 25.1 Å². The summed E-state index contributed by atoms with van der Waals surface area (Å²) >= 11 is 0. The fourth-order valence-electron chi connectivity index (χ4n) is 3.98. The Bertz CT molecular complexity index is 1390. The van der Waals surface area contributed by atoms with Crippen molar-refractivity contribution >= 4 is 52.7 Å². The second kappa shape index (κ2) is 14.5. The first-order valence-corrected chi connectivity index (χ1v) is 12.1. The van der Waals surface area contributed by atoms with Crippen LogP contribution < -0.4 is 33.0 Å². The van der Waals surface area contributed by atoms with E-state index >= 15 is 0 Å². The van der Waals surface area contributed by atoms with Gasteiger partial charge in [0, 0.05) is 43.1 Å². The number of fused-ring (bicyclic) bond motifs is 1. The first-order chi connectivity index (χ1) is 18.1. The summed E-state index contributed by atoms with van der Waals surface area (Å²) in [7, 11) is 0. The third kappa shape index (κ3) is 9.46. The predicted octanol–water partition coefficient (Wildman–Crippen LogP) is 1.75. The molecule has 0 spiro atoms. The molecule has 0 radical (unpaired) electrons. The second-order valence-corrected chi connectivity index (χ2v) is 8.90. The Morgan fingerprint density at radius 1 is 0.974 bits per heavy atom. The van der Waals surface area contributed by atoms with Crippen LogP contribution >= 0.6 is 12.4 Å². The van der Waals surface area contributed by atoms with Gasteiger partial charge in [0.25, 0.3) is 0 Å². The van der Waals surface area contributed by atoms with Crippen molar-refractivity contribution in [1.82, 2.24) is 10.6 Å². The van der Waals surface area contributed by atoms with Crippen molar-refractivity contribution in [1.29, 1.82) is 0 Å². The van der Waals surface area contributed by atoms with Crippen LogP contribution in [0.5, 0.6) is 0 Å². The van der Waals surface area contributed by atoms with Gasteiger partial charge in [0.1, 0.15) is 17.7 Å². The van der Waals surface area contributed by atoms with Crippen LogP contribution in [-0.4, -0.2) is 42.3 Å². The van der Waals surface area contributed by atoms with Crippen molar-refractivity contribution in [3.05, 3.63) is 76.1 Å². The SMILES string of the molecule is CC(=O)N[C@@H](Cc1ccccc1)C(=O)N[C@@H](CCCN=C(N)N)C(=O)Nc1ccc2c(C)cc(=O)oc2c1.Cl. The number of hydrogen-bond donors (Lipinski definition) is 5. The van der Waals surface area contributed by atoms with Crippen LogP contribution in [0.2, 0.25) is 0 Å². The van der Waals surface area contributed by atoms with E-state index in [0.29, 0.717) is 17.7 Å². The van der Waals surface area contributed by atoms with E-state index in [2.05, 4.69) is 20.9 Å². The molecule has 0 saturated heterocycles. The van der Waals surface area contributed by atoms with Crippen LogP contribution in [0.25, 0.3) is 11.0 Å². The summed E-state index contributed by atoms with van der Waals surface area (Å²) in [5.74, 6) is -1.44. The zero-order valence-corrected chi connectivity index (χ0v) is 22.5. The highest BCUT2D eigenvalue weighted by Crippen LogP contribution is 2.21. The number of benzene rings is 2. The van der Waals surface area contributed by atoms with Gasteiger partial charge >= 0.3 is 5.63 Å². The van der Waals surface area contributed by atoms with E-state index in [-0.39, 0.29) is 43.7 Å². The van der Waals surface area contributed by atoms with Crippen molar-refractivity contribution < 1.29 is 18.8 Å². The van der Waals surface area contributed by atoms with Gasteiger partial charge in [-0.15, -0.1) is 12.4 Å². The highest BCUT2D eigenvalue weighted by molar-refractivity contribution is 5.99. The lowest BCUT2D eigenvalue weighted by molar-refractivity contribution is -0.130. The Labute approximate surface area is 231 Å². The summed E-state index contributed by atoms with van der Waals surface area (Å²) in [6.07, 6.45) is 0.886. The molecule has 0 aliphatic heterocycles. The summed E-state index contributed by atoms with van der Waals surface area (Å²) in [5.41, 5.74) is 12.6. The minimum Gasteiger partial charge on any atom is -0.423 e. The number of amides is 3. The number of anilines is 1. The monoisotopic (exact) mass is 556 g/mol. The molecule has 11 nitrogen and oxygen atoms in total. The van der Waals surface area contributed by atoms with Crippen molar-refractivity contribution in [2.45, 2.75) is 45.2 Å². The third-order valence-electron chi connectivity index (χ3n) is 5.77. The molecule has 2 atom stereocenters. The first-order valence-electron chi connectivity index (χ1n) is 12.1. The molecule has 39 heavy (non-hydrogen) atoms. The summed E-state index contributed by atoms with van der Waals surface area (Å²) in [4.78, 5) is 54.0. The van der Waals surface area contributed by atoms with E-state index in [4.69, 9.17) is 15.9 Å². The molecule has 0 unspecified atom stereocenters. The first kappa shape index (κ1) is 30.8. The Balaban J connectivity index is 0.00000533. The molecule has 1 heterocycles. The minimum atomic E-state index is -0.955. The number of nitrogens with one attached hydrogen (secondary N) is 3. The number of carbonyl (C=O) groups is 3. The summed E-state index contributed by atoms with van der Waals surface area (Å²) in [6, 6.07) is 13.7. The summed E-state index contributed by atoms with van der Waals surface area (Å²) < 4.78 is 5.26. The molecule has 3 amide bonds. The van der Waals surface area contributed by atoms with E-state index < -0.39 is 29.5 Å². The molecule has 0 aliphatic rings. The Morgan fingerprint density at radius 2 is 1.69 bits per heavy atom. The lowest BCUT2D eigenvalue weighted by atomic mass is 10.0. The Morgan fingerprint density at radius 3 is 2.36 bits per heavy atom. The van der Waals surface area contributed by atoms with Gasteiger partial charge in [-0.25, -0.2) is 4.79 Å². The van der Waals surface area contributed by atoms with Crippen molar-refractivity contribution in [2.75, 3.05) is 11.9 Å². The van der Waals surface area contributed by atoms with Crippen LogP contribution in [0.3, 0.4) is 0 Å². The molecule has 0 aliphatic carbocycles. The van der Waals surface area contributed by atoms with Gasteiger partial charge in [0.05, 0.1) is 0 Å². The number of aryl methyl sites for hydroxylation is 1. The number of halogens is 1. The zero-order valence-electron chi connectivity index (χ0n) is 21.7. The molecule has 1 aromatic heterocycles. The van der Waals surface area contributed by atoms with Crippen molar-refractivity contribution in [2.24, 2.45) is 16.5 Å². The van der Waals surface area contributed by atoms with E-state index in [1.165, 1.54) is 13.0 Å². The number of hydrogen-bond acceptors (Lipinski definition) is 6. The molecule has 0 fully saturated rings. The maximum absolute atomic E-state index is 13.3. The van der Waals surface area contributed by atoms with Gasteiger partial charge in [-0.1, -0.05) is 30.3 Å². The van der Waals surface area contributed by atoms with E-state index in [9.17, 15) is 19.2 Å². The molecule has 3 rings (SSSR count). The summed E-state index contributed by atoms with van der Waals surface area (Å²) in [6.45, 7) is 3.38. The van der Waals surface area contributed by atoms with Gasteiger partial charge in [-0.2, -0.15) is 0 Å². The quantitative estimate of drug-likeness (QED) is 0.103. The van der Waals surface area contributed by atoms with Crippen LogP contribution in [0, 0.1) is 6.92 Å². The molecular weight excluding hydrogens is 524 g/mol. The number of nitrogens with zero attached hydrogens (tertiary/aromatic N) is 1. The van der Waals surface area contributed by atoms with Crippen molar-refractivity contribution in [3.8, 4) is 0 Å². The maximum atomic E-state index is 13.3. The molecule has 7 N–H and O–H groups in total. The molecule has 0 bridgehead atoms. The standard InChI is InChI=1S/C27H32N6O5.ClH/c1-16-13-24(35)38-23-15-19(10-11-20(16)23)32-25(36)21(9-6-12-30-27(28)29)33-26(37)22(31-17(2)34)14-18-7-4-3-5-8-18;/h3-5,7-8,10-11,13,15,21-22H,6,9,12,14H2,1-2H3,(H,31,34)(H,32,36)(H,33,37)(H4,28,29,30);1H/t21-,22-;/m0./s1. The molecule has 2 aromatic carbocycles. The zero-order chi connectivity index (χ0) is 27.7. The number of nitrogens with two attached hydrogens (primary N) is 2. The minimum absolute atomic E-state index is 0. The highest BCUT2D eigenvalue weighted by atomic mass is 35.5. The van der Waals surface area contributed by atoms with Gasteiger partial charge in [-0.3, -0.25) is 19.4 Å². The van der Waals surface area contributed by atoms with E-state index in [0.717, 1.165) is 16.5 Å². The second-order valence-electron chi connectivity index (χ2n) is 8.90. The fourth-order valence-corrected chi connectivity index (χ4v) is 3.98. The highest BCUT2D eigenvalue weighted by Gasteiger charge is 2.26. The van der Waals surface area contributed by atoms with Gasteiger partial charge < -0.3 is 31.8 Å². The van der Waals surface area contributed by atoms with Gasteiger partial charge in [0.15, 0.2) is 5.96 Å². The Hall–Kier alpha value is -4.38. The average Bonchev–Trinajstić information content (AvgIpc) is 2.85. The summed E-state index contributed by atoms with van der Waals surface area (Å²) in [5, 5.41) is 8.92. The number of guanidine groups is 1. The molecule has 208 valence electrons. The number of rotatable bonds is 11. The van der Waals surface area contributed by atoms with Crippen molar-refractivity contribution in [3.63, 3.8) is 0 Å². The van der Waals surface area contributed by atoms with Crippen LogP contribution in [0.4, 0.5) is 5.69 Å². The lowest BCUT2D eigenvalue weighted by Gasteiger charge is -2.23. The van der Waals surface area contributed by atoms with Crippen LogP contribution in [0.1, 0.15) is 30.9 Å². The third-order valence-corrected chi connectivity index (χ3v) is 5.77.